The highest BCUT2D eigenvalue weighted by Gasteiger charge is 2.28. The predicted octanol–water partition coefficient (Wildman–Crippen LogP) is 3.23. The van der Waals surface area contributed by atoms with E-state index in [0.29, 0.717) is 26.8 Å². The van der Waals surface area contributed by atoms with Gasteiger partial charge in [-0.05, 0) is 59.3 Å². The minimum absolute atomic E-state index is 0.396. The van der Waals surface area contributed by atoms with Gasteiger partial charge in [0.15, 0.2) is 0 Å². The molecule has 0 amide bonds. The van der Waals surface area contributed by atoms with Crippen molar-refractivity contribution in [3.8, 4) is 6.07 Å². The number of pyridine rings is 1. The van der Waals surface area contributed by atoms with Crippen LogP contribution in [0.25, 0.3) is 10.9 Å². The lowest BCUT2D eigenvalue weighted by atomic mass is 10.1. The van der Waals surface area contributed by atoms with Crippen LogP contribution in [0.3, 0.4) is 0 Å². The summed E-state index contributed by atoms with van der Waals surface area (Å²) in [5.41, 5.74) is 1.27. The summed E-state index contributed by atoms with van der Waals surface area (Å²) in [6, 6.07) is 9.67. The lowest BCUT2D eigenvalue weighted by Gasteiger charge is -2.05. The topological polar surface area (TPSA) is 80.3 Å². The summed E-state index contributed by atoms with van der Waals surface area (Å²) in [6.45, 7) is 0. The molecule has 1 aliphatic rings. The van der Waals surface area contributed by atoms with Gasteiger partial charge < -0.3 is 0 Å². The van der Waals surface area contributed by atoms with Crippen LogP contribution in [-0.4, -0.2) is 25.2 Å². The van der Waals surface area contributed by atoms with Gasteiger partial charge in [-0.3, -0.25) is 0 Å². The van der Waals surface area contributed by atoms with Crippen LogP contribution in [0.15, 0.2) is 34.4 Å². The van der Waals surface area contributed by atoms with Crippen LogP contribution >= 0.6 is 23.4 Å². The highest BCUT2D eigenvalue weighted by atomic mass is 35.5. The van der Waals surface area contributed by atoms with Gasteiger partial charge in [-0.2, -0.15) is 5.26 Å². The minimum Gasteiger partial charge on any atom is -0.241 e. The van der Waals surface area contributed by atoms with Crippen molar-refractivity contribution in [2.24, 2.45) is 0 Å². The fraction of sp³-hybridized carbons (Fsp3) is 0.214. The van der Waals surface area contributed by atoms with Crippen molar-refractivity contribution in [3.63, 3.8) is 0 Å². The SMILES string of the molecule is N#Cc1cc(Sc2nnnn2C2CC2)nc2ccc(Cl)cc12. The van der Waals surface area contributed by atoms with E-state index in [4.69, 9.17) is 11.6 Å². The summed E-state index contributed by atoms with van der Waals surface area (Å²) in [7, 11) is 0. The quantitative estimate of drug-likeness (QED) is 0.734. The van der Waals surface area contributed by atoms with Crippen molar-refractivity contribution < 1.29 is 0 Å². The van der Waals surface area contributed by atoms with Crippen LogP contribution in [-0.2, 0) is 0 Å². The second-order valence-corrected chi connectivity index (χ2v) is 6.44. The van der Waals surface area contributed by atoms with Crippen molar-refractivity contribution in [3.05, 3.63) is 34.9 Å². The van der Waals surface area contributed by atoms with Gasteiger partial charge >= 0.3 is 0 Å². The number of nitriles is 1. The van der Waals surface area contributed by atoms with E-state index < -0.39 is 0 Å². The zero-order chi connectivity index (χ0) is 15.1. The Balaban J connectivity index is 1.77. The number of fused-ring (bicyclic) bond motifs is 1. The van der Waals surface area contributed by atoms with E-state index in [1.54, 1.807) is 18.2 Å². The molecular formula is C14H9ClN6S. The Morgan fingerprint density at radius 2 is 2.18 bits per heavy atom. The second kappa shape index (κ2) is 5.23. The molecule has 1 saturated carbocycles. The van der Waals surface area contributed by atoms with E-state index in [9.17, 15) is 5.26 Å². The first-order chi connectivity index (χ1) is 10.7. The standard InChI is InChI=1S/C14H9ClN6S/c15-9-1-4-12-11(6-9)8(7-16)5-13(17-12)22-14-18-19-20-21(14)10-2-3-10/h1,4-6,10H,2-3H2. The summed E-state index contributed by atoms with van der Waals surface area (Å²) >= 11 is 7.36. The number of halogens is 1. The van der Waals surface area contributed by atoms with Crippen LogP contribution in [0.4, 0.5) is 0 Å². The molecule has 1 aromatic carbocycles. The third-order valence-corrected chi connectivity index (χ3v) is 4.52. The van der Waals surface area contributed by atoms with E-state index >= 15 is 0 Å². The number of tetrazole rings is 1. The van der Waals surface area contributed by atoms with Gasteiger partial charge in [0.1, 0.15) is 5.03 Å². The van der Waals surface area contributed by atoms with Crippen LogP contribution in [0, 0.1) is 11.3 Å². The highest BCUT2D eigenvalue weighted by Crippen LogP contribution is 2.38. The zero-order valence-electron chi connectivity index (χ0n) is 11.3. The molecule has 0 radical (unpaired) electrons. The molecule has 22 heavy (non-hydrogen) atoms. The molecule has 0 spiro atoms. The maximum Gasteiger partial charge on any atom is 0.215 e. The van der Waals surface area contributed by atoms with Crippen molar-refractivity contribution in [2.45, 2.75) is 29.1 Å². The summed E-state index contributed by atoms with van der Waals surface area (Å²) in [5, 5.41) is 23.9. The van der Waals surface area contributed by atoms with E-state index in [2.05, 4.69) is 26.6 Å². The zero-order valence-corrected chi connectivity index (χ0v) is 12.8. The Bertz CT molecular complexity index is 911. The normalized spacial score (nSPS) is 14.2. The fourth-order valence-electron chi connectivity index (χ4n) is 2.21. The first kappa shape index (κ1) is 13.5. The number of nitrogens with zero attached hydrogens (tertiary/aromatic N) is 6. The maximum atomic E-state index is 9.35. The molecule has 1 aliphatic carbocycles. The van der Waals surface area contributed by atoms with Gasteiger partial charge in [0.05, 0.1) is 23.2 Å². The third kappa shape index (κ3) is 2.40. The average molecular weight is 329 g/mol. The molecule has 0 saturated heterocycles. The molecule has 0 bridgehead atoms. The molecular weight excluding hydrogens is 320 g/mol. The van der Waals surface area contributed by atoms with Crippen LogP contribution in [0.5, 0.6) is 0 Å². The summed E-state index contributed by atoms with van der Waals surface area (Å²) in [6.07, 6.45) is 2.21. The largest absolute Gasteiger partial charge is 0.241 e. The molecule has 4 rings (SSSR count). The first-order valence-electron chi connectivity index (χ1n) is 6.71. The second-order valence-electron chi connectivity index (χ2n) is 5.02. The van der Waals surface area contributed by atoms with Gasteiger partial charge in [0, 0.05) is 10.4 Å². The molecule has 2 aromatic heterocycles. The Kier molecular flexibility index (Phi) is 3.21. The Labute approximate surface area is 135 Å². The Hall–Kier alpha value is -2.17. The molecule has 108 valence electrons. The van der Waals surface area contributed by atoms with E-state index in [-0.39, 0.29) is 0 Å². The lowest BCUT2D eigenvalue weighted by molar-refractivity contribution is 0.565. The third-order valence-electron chi connectivity index (χ3n) is 3.42. The average Bonchev–Trinajstić information content (AvgIpc) is 3.27. The summed E-state index contributed by atoms with van der Waals surface area (Å²) < 4.78 is 1.82. The number of rotatable bonds is 3. The van der Waals surface area contributed by atoms with Gasteiger partial charge in [-0.15, -0.1) is 5.10 Å². The van der Waals surface area contributed by atoms with Crippen molar-refractivity contribution in [1.29, 1.82) is 5.26 Å². The molecule has 3 aromatic rings. The van der Waals surface area contributed by atoms with Crippen molar-refractivity contribution in [2.75, 3.05) is 0 Å². The van der Waals surface area contributed by atoms with Crippen LogP contribution < -0.4 is 0 Å². The maximum absolute atomic E-state index is 9.35. The molecule has 0 N–H and O–H groups in total. The molecule has 0 unspecified atom stereocenters. The first-order valence-corrected chi connectivity index (χ1v) is 7.90. The highest BCUT2D eigenvalue weighted by molar-refractivity contribution is 7.99. The van der Waals surface area contributed by atoms with Gasteiger partial charge in [-0.25, -0.2) is 9.67 Å². The van der Waals surface area contributed by atoms with Crippen molar-refractivity contribution >= 4 is 34.3 Å². The monoisotopic (exact) mass is 328 g/mol. The fourth-order valence-corrected chi connectivity index (χ4v) is 3.25. The number of hydrogen-bond donors (Lipinski definition) is 0. The number of hydrogen-bond acceptors (Lipinski definition) is 6. The number of benzene rings is 1. The Morgan fingerprint density at radius 1 is 1.32 bits per heavy atom. The van der Waals surface area contributed by atoms with E-state index in [1.165, 1.54) is 11.8 Å². The van der Waals surface area contributed by atoms with Crippen LogP contribution in [0.1, 0.15) is 24.4 Å². The number of aromatic nitrogens is 5. The minimum atomic E-state index is 0.396. The lowest BCUT2D eigenvalue weighted by Crippen LogP contribution is -1.99. The smallest absolute Gasteiger partial charge is 0.215 e. The van der Waals surface area contributed by atoms with Gasteiger partial charge in [0.2, 0.25) is 5.16 Å². The molecule has 6 nitrogen and oxygen atoms in total. The molecule has 0 aliphatic heterocycles. The predicted molar refractivity (Wildman–Crippen MR) is 81.7 cm³/mol. The summed E-state index contributed by atoms with van der Waals surface area (Å²) in [4.78, 5) is 4.56. The van der Waals surface area contributed by atoms with Gasteiger partial charge in [-0.1, -0.05) is 11.6 Å². The molecule has 1 fully saturated rings. The van der Waals surface area contributed by atoms with Crippen molar-refractivity contribution in [1.82, 2.24) is 25.2 Å². The van der Waals surface area contributed by atoms with Crippen LogP contribution in [0.2, 0.25) is 5.02 Å². The van der Waals surface area contributed by atoms with E-state index in [0.717, 1.165) is 23.7 Å². The van der Waals surface area contributed by atoms with Gasteiger partial charge in [0.25, 0.3) is 0 Å². The van der Waals surface area contributed by atoms with E-state index in [1.807, 2.05) is 10.7 Å². The molecule has 2 heterocycles. The molecule has 8 heteroatoms. The summed E-state index contributed by atoms with van der Waals surface area (Å²) in [5.74, 6) is 0. The Morgan fingerprint density at radius 3 is 2.95 bits per heavy atom. The molecule has 0 atom stereocenters.